The number of piperidine rings is 1. The van der Waals surface area contributed by atoms with Gasteiger partial charge in [-0.15, -0.1) is 0 Å². The summed E-state index contributed by atoms with van der Waals surface area (Å²) in [5.74, 6) is -9.68. The standard InChI is InChI=1S/C52H78F3NO15S/c1-30-16-12-11-13-17-31(2)42(66-8)28-38-21-19-36(7)51(63,70-38)48(60)49(61)56-23-15-14-18-39(56)50(62)69-43(29-40(57)32(3)25-35(6)46(59)47(68-10)45(58)34(5)24-30)33(4)26-37-20-22-41(44(27-37)67-9)71-72(64,65)52(53,54)55/h11-13,16-17,25,30,32-34,36-39,41-44,46-47,59,63H,14-15,18-24,26-29H2,1-10H3/b13-11+,16-12+,31-17+,35-25+/t30-,32-,33-,34-,36-,37+,38?,39?,41-,42+,43+,44-,46-,47+,51-/m1/s1. The molecule has 2 N–H and O–H groups in total. The quantitative estimate of drug-likeness (QED) is 0.0818. The fraction of sp³-hybridized carbons (Fsp3) is 0.750. The summed E-state index contributed by atoms with van der Waals surface area (Å²) in [6.07, 6.45) is 6.01. The zero-order valence-corrected chi connectivity index (χ0v) is 44.2. The van der Waals surface area contributed by atoms with Crippen molar-refractivity contribution in [1.82, 2.24) is 4.90 Å². The van der Waals surface area contributed by atoms with Gasteiger partial charge in [0.2, 0.25) is 5.79 Å². The van der Waals surface area contributed by atoms with E-state index in [2.05, 4.69) is 4.18 Å². The van der Waals surface area contributed by atoms with E-state index >= 15 is 0 Å². The fourth-order valence-corrected chi connectivity index (χ4v) is 11.1. The van der Waals surface area contributed by atoms with E-state index in [-0.39, 0.29) is 74.7 Å². The summed E-state index contributed by atoms with van der Waals surface area (Å²) in [7, 11) is -1.83. The molecular weight excluding hydrogens is 968 g/mol. The molecule has 72 heavy (non-hydrogen) atoms. The summed E-state index contributed by atoms with van der Waals surface area (Å²) in [5.41, 5.74) is -4.52. The van der Waals surface area contributed by atoms with E-state index in [1.54, 1.807) is 34.6 Å². The first-order valence-corrected chi connectivity index (χ1v) is 26.6. The van der Waals surface area contributed by atoms with Crippen LogP contribution < -0.4 is 0 Å². The number of ether oxygens (including phenoxy) is 5. The number of aliphatic hydroxyl groups excluding tert-OH is 1. The second-order valence-electron chi connectivity index (χ2n) is 20.6. The van der Waals surface area contributed by atoms with Crippen LogP contribution in [0.25, 0.3) is 0 Å². The van der Waals surface area contributed by atoms with Crippen molar-refractivity contribution >= 4 is 39.3 Å². The number of hydrogen-bond acceptors (Lipinski definition) is 15. The third-order valence-electron chi connectivity index (χ3n) is 15.0. The van der Waals surface area contributed by atoms with Crippen LogP contribution in [0, 0.1) is 35.5 Å². The van der Waals surface area contributed by atoms with Gasteiger partial charge in [-0.3, -0.25) is 23.4 Å². The molecule has 2 saturated heterocycles. The molecule has 0 aromatic heterocycles. The van der Waals surface area contributed by atoms with E-state index in [1.807, 2.05) is 44.2 Å². The first kappa shape index (κ1) is 60.9. The van der Waals surface area contributed by atoms with Gasteiger partial charge >= 0.3 is 21.6 Å². The molecule has 20 heteroatoms. The minimum atomic E-state index is -5.91. The Morgan fingerprint density at radius 1 is 0.861 bits per heavy atom. The number of cyclic esters (lactones) is 1. The summed E-state index contributed by atoms with van der Waals surface area (Å²) in [4.78, 5) is 72.0. The number of methoxy groups -OCH3 is 3. The van der Waals surface area contributed by atoms with Gasteiger partial charge in [0.1, 0.15) is 36.2 Å². The molecule has 3 fully saturated rings. The van der Waals surface area contributed by atoms with Crippen molar-refractivity contribution in [2.75, 3.05) is 27.9 Å². The van der Waals surface area contributed by atoms with E-state index in [0.29, 0.717) is 32.1 Å². The van der Waals surface area contributed by atoms with Crippen molar-refractivity contribution in [2.45, 2.75) is 186 Å². The zero-order valence-electron chi connectivity index (χ0n) is 43.4. The Kier molecular flexibility index (Phi) is 22.6. The first-order valence-electron chi connectivity index (χ1n) is 25.2. The maximum atomic E-state index is 14.4. The highest BCUT2D eigenvalue weighted by Gasteiger charge is 2.54. The lowest BCUT2D eigenvalue weighted by Gasteiger charge is -2.42. The van der Waals surface area contributed by atoms with Crippen LogP contribution in [0.15, 0.2) is 47.6 Å². The molecule has 0 spiro atoms. The van der Waals surface area contributed by atoms with E-state index in [9.17, 15) is 55.8 Å². The van der Waals surface area contributed by atoms with Crippen LogP contribution >= 0.6 is 0 Å². The summed E-state index contributed by atoms with van der Waals surface area (Å²) in [6.45, 7) is 12.1. The monoisotopic (exact) mass is 1050 g/mol. The zero-order chi connectivity index (χ0) is 53.9. The SMILES string of the molecule is CO[C@H]1CC2CC[C@@H](C)[C@@](O)(O2)C(=O)C(=O)N2CCCCC2C(=O)O[C@H]([C@H](C)C[C@@H]2CC[C@@H](OS(=O)(=O)C(F)(F)F)[C@H](OC)C2)CC(=O)[C@H](C)/C=C(\C)[C@@H](O)[C@@H](OC)C(=O)[C@H](C)C[C@H](C)/C=C/C=C/C=C/1C. The van der Waals surface area contributed by atoms with Crippen LogP contribution in [-0.2, 0) is 62.0 Å². The maximum absolute atomic E-state index is 14.4. The molecule has 1 amide bonds. The van der Waals surface area contributed by atoms with Crippen LogP contribution in [0.5, 0.6) is 0 Å². The molecule has 4 rings (SSSR count). The number of halogens is 3. The van der Waals surface area contributed by atoms with Crippen molar-refractivity contribution in [1.29, 1.82) is 0 Å². The summed E-state index contributed by atoms with van der Waals surface area (Å²) >= 11 is 0. The number of carbonyl (C=O) groups is 5. The van der Waals surface area contributed by atoms with Gasteiger partial charge in [-0.1, -0.05) is 71.1 Å². The molecule has 1 aliphatic carbocycles. The number of hydrogen-bond donors (Lipinski definition) is 2. The number of allylic oxidation sites excluding steroid dienone is 6. The molecule has 1 saturated carbocycles. The minimum absolute atomic E-state index is 0.0182. The largest absolute Gasteiger partial charge is 0.523 e. The third-order valence-corrected chi connectivity index (χ3v) is 16.1. The van der Waals surface area contributed by atoms with Gasteiger partial charge in [0.05, 0.1) is 18.3 Å². The van der Waals surface area contributed by atoms with Gasteiger partial charge in [-0.25, -0.2) is 4.79 Å². The number of aliphatic hydroxyl groups is 2. The smallest absolute Gasteiger partial charge is 0.460 e. The molecule has 15 atom stereocenters. The topological polar surface area (TPSA) is 219 Å². The van der Waals surface area contributed by atoms with Crippen LogP contribution in [0.1, 0.15) is 126 Å². The van der Waals surface area contributed by atoms with E-state index < -0.39 is 117 Å². The van der Waals surface area contributed by atoms with Gasteiger partial charge in [-0.2, -0.15) is 21.6 Å². The predicted molar refractivity (Wildman–Crippen MR) is 259 cm³/mol. The van der Waals surface area contributed by atoms with E-state index in [0.717, 1.165) is 10.5 Å². The van der Waals surface area contributed by atoms with Crippen LogP contribution in [0.4, 0.5) is 13.2 Å². The number of Topliss-reactive ketones (excluding diaryl/α,β-unsaturated/α-hetero) is 3. The average Bonchev–Trinajstić information content (AvgIpc) is 3.32. The molecule has 408 valence electrons. The Morgan fingerprint density at radius 3 is 2.19 bits per heavy atom. The number of carbonyl (C=O) groups excluding carboxylic acids is 5. The summed E-state index contributed by atoms with van der Waals surface area (Å²) in [5, 5.41) is 23.4. The van der Waals surface area contributed by atoms with Gasteiger partial charge in [0, 0.05) is 58.5 Å². The number of amides is 1. The second kappa shape index (κ2) is 26.7. The highest BCUT2D eigenvalue weighted by atomic mass is 32.2. The molecule has 0 aromatic rings. The van der Waals surface area contributed by atoms with Gasteiger partial charge in [0.15, 0.2) is 5.78 Å². The molecule has 3 aliphatic heterocycles. The lowest BCUT2D eigenvalue weighted by Crippen LogP contribution is -2.61. The minimum Gasteiger partial charge on any atom is -0.460 e. The van der Waals surface area contributed by atoms with Crippen molar-refractivity contribution < 1.29 is 83.6 Å². The normalized spacial score (nSPS) is 38.1. The van der Waals surface area contributed by atoms with Crippen molar-refractivity contribution in [2.24, 2.45) is 35.5 Å². The lowest BCUT2D eigenvalue weighted by molar-refractivity contribution is -0.265. The van der Waals surface area contributed by atoms with Gasteiger partial charge < -0.3 is 38.8 Å². The third kappa shape index (κ3) is 15.7. The number of alkyl halides is 3. The van der Waals surface area contributed by atoms with Crippen molar-refractivity contribution in [3.63, 3.8) is 0 Å². The Bertz CT molecular complexity index is 2130. The highest BCUT2D eigenvalue weighted by molar-refractivity contribution is 7.87. The van der Waals surface area contributed by atoms with Crippen LogP contribution in [0.2, 0.25) is 0 Å². The molecule has 3 heterocycles. The number of ketones is 3. The summed E-state index contributed by atoms with van der Waals surface area (Å²) in [6, 6.07) is -1.28. The number of nitrogens with zero attached hydrogens (tertiary/aromatic N) is 1. The summed E-state index contributed by atoms with van der Waals surface area (Å²) < 4.78 is 97.1. The molecule has 16 nitrogen and oxygen atoms in total. The average molecular weight is 1050 g/mol. The molecule has 4 aliphatic rings. The Balaban J connectivity index is 1.70. The van der Waals surface area contributed by atoms with Crippen LogP contribution in [0.3, 0.4) is 0 Å². The Hall–Kier alpha value is -3.63. The van der Waals surface area contributed by atoms with Gasteiger partial charge in [0.25, 0.3) is 11.7 Å². The Morgan fingerprint density at radius 2 is 1.56 bits per heavy atom. The predicted octanol–water partition coefficient (Wildman–Crippen LogP) is 7.05. The lowest BCUT2D eigenvalue weighted by atomic mass is 9.78. The van der Waals surface area contributed by atoms with E-state index in [4.69, 9.17) is 23.7 Å². The van der Waals surface area contributed by atoms with Crippen molar-refractivity contribution in [3.05, 3.63) is 47.6 Å². The van der Waals surface area contributed by atoms with Crippen molar-refractivity contribution in [3.8, 4) is 0 Å². The highest BCUT2D eigenvalue weighted by Crippen LogP contribution is 2.39. The van der Waals surface area contributed by atoms with E-state index in [1.165, 1.54) is 27.4 Å². The second-order valence-corrected chi connectivity index (χ2v) is 22.1. The molecule has 2 bridgehead atoms. The molecule has 0 aromatic carbocycles. The van der Waals surface area contributed by atoms with Crippen LogP contribution in [-0.4, -0.2) is 141 Å². The first-order chi connectivity index (χ1) is 33.7. The molecule has 0 radical (unpaired) electrons. The molecule has 2 unspecified atom stereocenters. The number of fused-ring (bicyclic) bond motifs is 3. The maximum Gasteiger partial charge on any atom is 0.523 e. The van der Waals surface area contributed by atoms with Gasteiger partial charge in [-0.05, 0) is 107 Å². The number of rotatable bonds is 8. The molecular formula is C52H78F3NO15S. The number of esters is 1. The fourth-order valence-electron chi connectivity index (χ4n) is 10.4. The Labute approximate surface area is 423 Å².